The number of rotatable bonds is 7. The Labute approximate surface area is 173 Å². The molecule has 0 spiro atoms. The van der Waals surface area contributed by atoms with Crippen LogP contribution in [0.3, 0.4) is 0 Å². The quantitative estimate of drug-likeness (QED) is 0.434. The lowest BCUT2D eigenvalue weighted by Crippen LogP contribution is -2.26. The maximum atomic E-state index is 13.0. The number of aromatic amines is 1. The molecule has 29 heavy (non-hydrogen) atoms. The van der Waals surface area contributed by atoms with E-state index < -0.39 is 0 Å². The van der Waals surface area contributed by atoms with Gasteiger partial charge in [-0.1, -0.05) is 13.8 Å². The molecule has 7 heteroatoms. The first-order chi connectivity index (χ1) is 14.0. The minimum atomic E-state index is -0.255. The maximum absolute atomic E-state index is 13.0. The number of methoxy groups -OCH3 is 1. The van der Waals surface area contributed by atoms with Crippen molar-refractivity contribution in [3.05, 3.63) is 54.3 Å². The fourth-order valence-electron chi connectivity index (χ4n) is 3.45. The van der Waals surface area contributed by atoms with E-state index in [1.54, 1.807) is 7.11 Å². The first-order valence-corrected chi connectivity index (χ1v) is 10.5. The lowest BCUT2D eigenvalue weighted by atomic mass is 10.0. The van der Waals surface area contributed by atoms with Crippen LogP contribution >= 0.6 is 11.3 Å². The van der Waals surface area contributed by atoms with Crippen molar-refractivity contribution in [3.63, 3.8) is 0 Å². The summed E-state index contributed by atoms with van der Waals surface area (Å²) in [6, 6.07) is 9.52. The van der Waals surface area contributed by atoms with Gasteiger partial charge in [-0.05, 0) is 42.7 Å². The Balaban J connectivity index is 1.57. The third kappa shape index (κ3) is 4.05. The van der Waals surface area contributed by atoms with Crippen molar-refractivity contribution in [2.45, 2.75) is 26.3 Å². The topological polar surface area (TPSA) is 71.9 Å². The molecule has 0 aliphatic heterocycles. The Morgan fingerprint density at radius 1 is 1.31 bits per heavy atom. The monoisotopic (exact) mass is 408 g/mol. The van der Waals surface area contributed by atoms with Crippen LogP contribution in [0.5, 0.6) is 5.75 Å². The molecule has 0 fully saturated rings. The number of benzene rings is 1. The molecule has 0 saturated carbocycles. The summed E-state index contributed by atoms with van der Waals surface area (Å²) in [5, 5.41) is 6.60. The highest BCUT2D eigenvalue weighted by atomic mass is 32.1. The summed E-state index contributed by atoms with van der Waals surface area (Å²) in [4.78, 5) is 20.9. The van der Waals surface area contributed by atoms with Gasteiger partial charge >= 0.3 is 0 Å². The average Bonchev–Trinajstić information content (AvgIpc) is 3.45. The number of hydrogen-bond donors (Lipinski definition) is 2. The Morgan fingerprint density at radius 3 is 2.83 bits per heavy atom. The van der Waals surface area contributed by atoms with Gasteiger partial charge in [0.15, 0.2) is 5.13 Å². The Kier molecular flexibility index (Phi) is 5.40. The molecule has 3 heterocycles. The highest BCUT2D eigenvalue weighted by Crippen LogP contribution is 2.33. The molecule has 1 unspecified atom stereocenters. The van der Waals surface area contributed by atoms with E-state index in [-0.39, 0.29) is 11.9 Å². The number of aromatic nitrogens is 3. The van der Waals surface area contributed by atoms with Crippen LogP contribution < -0.4 is 10.1 Å². The van der Waals surface area contributed by atoms with Crippen LogP contribution in [0.15, 0.2) is 54.3 Å². The van der Waals surface area contributed by atoms with E-state index in [4.69, 9.17) is 4.74 Å². The molecular formula is C22H24N4O2S. The van der Waals surface area contributed by atoms with Gasteiger partial charge in [0.1, 0.15) is 11.8 Å². The van der Waals surface area contributed by atoms with Crippen LogP contribution in [0.25, 0.3) is 22.2 Å². The number of carbonyl (C=O) groups excluding carboxylic acids is 1. The third-order valence-electron chi connectivity index (χ3n) is 4.88. The van der Waals surface area contributed by atoms with E-state index in [1.165, 1.54) is 11.3 Å². The predicted molar refractivity (Wildman–Crippen MR) is 118 cm³/mol. The molecule has 1 amide bonds. The number of anilines is 1. The number of ether oxygens (including phenoxy) is 1. The molecule has 0 saturated heterocycles. The van der Waals surface area contributed by atoms with E-state index in [9.17, 15) is 4.79 Å². The average molecular weight is 409 g/mol. The van der Waals surface area contributed by atoms with Crippen LogP contribution in [-0.2, 0) is 4.79 Å². The lowest BCUT2D eigenvalue weighted by molar-refractivity contribution is -0.119. The number of hydrogen-bond acceptors (Lipinski definition) is 4. The van der Waals surface area contributed by atoms with Crippen LogP contribution in [0.4, 0.5) is 5.13 Å². The number of amides is 1. The van der Waals surface area contributed by atoms with Crippen molar-refractivity contribution in [2.24, 2.45) is 5.92 Å². The molecule has 6 nitrogen and oxygen atoms in total. The predicted octanol–water partition coefficient (Wildman–Crippen LogP) is 5.33. The van der Waals surface area contributed by atoms with E-state index in [0.717, 1.165) is 34.3 Å². The summed E-state index contributed by atoms with van der Waals surface area (Å²) in [5.74, 6) is 1.16. The number of carbonyl (C=O) groups is 1. The molecule has 1 aromatic carbocycles. The second kappa shape index (κ2) is 8.13. The Hall–Kier alpha value is -3.06. The second-order valence-electron chi connectivity index (χ2n) is 7.42. The number of fused-ring (bicyclic) bond motifs is 1. The van der Waals surface area contributed by atoms with Gasteiger partial charge in [-0.2, -0.15) is 0 Å². The van der Waals surface area contributed by atoms with Crippen LogP contribution in [0, 0.1) is 5.92 Å². The van der Waals surface area contributed by atoms with Gasteiger partial charge in [0.2, 0.25) is 5.91 Å². The number of thiazole rings is 1. The smallest absolute Gasteiger partial charge is 0.249 e. The molecule has 150 valence electrons. The van der Waals surface area contributed by atoms with Gasteiger partial charge in [-0.3, -0.25) is 4.79 Å². The van der Waals surface area contributed by atoms with Gasteiger partial charge in [-0.15, -0.1) is 11.3 Å². The summed E-state index contributed by atoms with van der Waals surface area (Å²) in [7, 11) is 1.66. The molecule has 3 aromatic heterocycles. The molecule has 0 radical (unpaired) electrons. The van der Waals surface area contributed by atoms with Crippen LogP contribution in [-0.4, -0.2) is 27.6 Å². The summed E-state index contributed by atoms with van der Waals surface area (Å²) >= 11 is 1.43. The molecular weight excluding hydrogens is 384 g/mol. The SMILES string of the molecule is COc1ccc2[nH]cc(-c3csc(NC(=O)C(CC(C)C)n4cccc4)n3)c2c1. The van der Waals surface area contributed by atoms with Crippen molar-refractivity contribution < 1.29 is 9.53 Å². The third-order valence-corrected chi connectivity index (χ3v) is 5.64. The van der Waals surface area contributed by atoms with Crippen molar-refractivity contribution >= 4 is 33.3 Å². The molecule has 4 aromatic rings. The molecule has 4 rings (SSSR count). The summed E-state index contributed by atoms with van der Waals surface area (Å²) in [5.41, 5.74) is 2.83. The summed E-state index contributed by atoms with van der Waals surface area (Å²) < 4.78 is 7.30. The molecule has 0 aliphatic carbocycles. The van der Waals surface area contributed by atoms with E-state index in [2.05, 4.69) is 29.1 Å². The van der Waals surface area contributed by atoms with Gasteiger partial charge < -0.3 is 19.6 Å². The van der Waals surface area contributed by atoms with Crippen molar-refractivity contribution in [1.29, 1.82) is 0 Å². The van der Waals surface area contributed by atoms with Crippen molar-refractivity contribution in [3.8, 4) is 17.0 Å². The number of nitrogens with one attached hydrogen (secondary N) is 2. The summed E-state index contributed by atoms with van der Waals surface area (Å²) in [6.45, 7) is 4.24. The Morgan fingerprint density at radius 2 is 2.10 bits per heavy atom. The minimum Gasteiger partial charge on any atom is -0.497 e. The summed E-state index contributed by atoms with van der Waals surface area (Å²) in [6.07, 6.45) is 6.56. The Bertz CT molecular complexity index is 1110. The molecule has 0 bridgehead atoms. The van der Waals surface area contributed by atoms with E-state index >= 15 is 0 Å². The fourth-order valence-corrected chi connectivity index (χ4v) is 4.16. The van der Waals surface area contributed by atoms with E-state index in [1.807, 2.05) is 58.9 Å². The lowest BCUT2D eigenvalue weighted by Gasteiger charge is -2.19. The van der Waals surface area contributed by atoms with Gasteiger partial charge in [0.05, 0.1) is 12.8 Å². The van der Waals surface area contributed by atoms with Crippen LogP contribution in [0.1, 0.15) is 26.3 Å². The van der Waals surface area contributed by atoms with Gasteiger partial charge in [0, 0.05) is 40.4 Å². The first kappa shape index (κ1) is 19.3. The minimum absolute atomic E-state index is 0.0450. The molecule has 0 aliphatic rings. The maximum Gasteiger partial charge on any atom is 0.249 e. The first-order valence-electron chi connectivity index (χ1n) is 9.59. The number of nitrogens with zero attached hydrogens (tertiary/aromatic N) is 2. The normalized spacial score (nSPS) is 12.4. The zero-order chi connectivity index (χ0) is 20.4. The van der Waals surface area contributed by atoms with Crippen molar-refractivity contribution in [1.82, 2.24) is 14.5 Å². The fraction of sp³-hybridized carbons (Fsp3) is 0.273. The largest absolute Gasteiger partial charge is 0.497 e. The number of H-pyrrole nitrogens is 1. The van der Waals surface area contributed by atoms with Gasteiger partial charge in [-0.25, -0.2) is 4.98 Å². The zero-order valence-corrected chi connectivity index (χ0v) is 17.5. The highest BCUT2D eigenvalue weighted by Gasteiger charge is 2.22. The van der Waals surface area contributed by atoms with Crippen molar-refractivity contribution in [2.75, 3.05) is 12.4 Å². The highest BCUT2D eigenvalue weighted by molar-refractivity contribution is 7.14. The van der Waals surface area contributed by atoms with Gasteiger partial charge in [0.25, 0.3) is 0 Å². The van der Waals surface area contributed by atoms with E-state index in [0.29, 0.717) is 11.0 Å². The second-order valence-corrected chi connectivity index (χ2v) is 8.27. The molecule has 1 atom stereocenters. The van der Waals surface area contributed by atoms with Crippen LogP contribution in [0.2, 0.25) is 0 Å². The standard InChI is InChI=1S/C22H24N4O2S/c1-14(2)10-20(26-8-4-5-9-26)21(27)25-22-24-19(13-29-22)17-12-23-18-7-6-15(28-3)11-16(17)18/h4-9,11-14,20,23H,10H2,1-3H3,(H,24,25,27). The zero-order valence-electron chi connectivity index (χ0n) is 16.7. The molecule has 2 N–H and O–H groups in total.